The summed E-state index contributed by atoms with van der Waals surface area (Å²) in [6.45, 7) is 0. The maximum atomic E-state index is 13.8. The maximum absolute atomic E-state index is 13.8. The fraction of sp³-hybridized carbons (Fsp3) is 0.227. The van der Waals surface area contributed by atoms with Crippen molar-refractivity contribution in [1.82, 2.24) is 4.90 Å². The number of hydrogen-bond acceptors (Lipinski definition) is 4. The minimum Gasteiger partial charge on any atom is -0.368 e. The van der Waals surface area contributed by atoms with Crippen molar-refractivity contribution in [2.75, 3.05) is 0 Å². The predicted octanol–water partition coefficient (Wildman–Crippen LogP) is 3.72. The fourth-order valence-corrected chi connectivity index (χ4v) is 4.69. The molecule has 8 heteroatoms. The van der Waals surface area contributed by atoms with Gasteiger partial charge in [0.2, 0.25) is 5.91 Å². The lowest BCUT2D eigenvalue weighted by Crippen LogP contribution is -2.42. The Kier molecular flexibility index (Phi) is 4.32. The second-order valence-electron chi connectivity index (χ2n) is 7.30. The van der Waals surface area contributed by atoms with E-state index in [1.54, 1.807) is 30.3 Å². The molecule has 2 aliphatic heterocycles. The summed E-state index contributed by atoms with van der Waals surface area (Å²) < 4.78 is 41.4. The van der Waals surface area contributed by atoms with Crippen molar-refractivity contribution in [2.45, 2.75) is 24.2 Å². The molecule has 0 aromatic heterocycles. The standard InChI is InChI=1S/C22H15F3N4O/c23-22(24,25)16-8-4-3-7-15(16)17-18(20(28)30)29-10-9-13-5-1-2-6-14(13)19(29)21(17,11-26)12-27/h1-10,17-19H,(H2,28,30)/t17-,18+,19-/m1/s1. The first-order valence-electron chi connectivity index (χ1n) is 9.08. The molecule has 2 heterocycles. The smallest absolute Gasteiger partial charge is 0.368 e. The molecule has 0 saturated carbocycles. The van der Waals surface area contributed by atoms with Crippen molar-refractivity contribution >= 4 is 12.0 Å². The van der Waals surface area contributed by atoms with Gasteiger partial charge in [0, 0.05) is 12.1 Å². The Morgan fingerprint density at radius 2 is 1.63 bits per heavy atom. The Balaban J connectivity index is 2.05. The summed E-state index contributed by atoms with van der Waals surface area (Å²) >= 11 is 0. The summed E-state index contributed by atoms with van der Waals surface area (Å²) in [6, 6.07) is 13.4. The van der Waals surface area contributed by atoms with Gasteiger partial charge in [0.1, 0.15) is 6.04 Å². The van der Waals surface area contributed by atoms with E-state index in [1.807, 2.05) is 12.1 Å². The normalized spacial score (nSPS) is 23.8. The quantitative estimate of drug-likeness (QED) is 0.820. The number of halogens is 3. The first kappa shape index (κ1) is 19.5. The Morgan fingerprint density at radius 1 is 1.03 bits per heavy atom. The van der Waals surface area contributed by atoms with Crippen LogP contribution < -0.4 is 5.73 Å². The molecule has 0 radical (unpaired) electrons. The number of primary amides is 1. The molecule has 2 aliphatic rings. The monoisotopic (exact) mass is 408 g/mol. The molecule has 0 unspecified atom stereocenters. The average molecular weight is 408 g/mol. The van der Waals surface area contributed by atoms with Crippen molar-refractivity contribution < 1.29 is 18.0 Å². The molecule has 2 aromatic rings. The van der Waals surface area contributed by atoms with Crippen LogP contribution in [-0.4, -0.2) is 16.8 Å². The van der Waals surface area contributed by atoms with Gasteiger partial charge in [-0.3, -0.25) is 4.79 Å². The Labute approximate surface area is 170 Å². The molecule has 2 N–H and O–H groups in total. The summed E-state index contributed by atoms with van der Waals surface area (Å²) in [6.07, 6.45) is -1.51. The lowest BCUT2D eigenvalue weighted by atomic mass is 9.67. The molecule has 3 atom stereocenters. The van der Waals surface area contributed by atoms with E-state index in [4.69, 9.17) is 5.73 Å². The number of amides is 1. The van der Waals surface area contributed by atoms with Gasteiger partial charge in [0.15, 0.2) is 5.41 Å². The van der Waals surface area contributed by atoms with E-state index in [0.717, 1.165) is 11.6 Å². The fourth-order valence-electron chi connectivity index (χ4n) is 4.69. The highest BCUT2D eigenvalue weighted by Crippen LogP contribution is 2.60. The maximum Gasteiger partial charge on any atom is 0.416 e. The van der Waals surface area contributed by atoms with Crippen molar-refractivity contribution in [2.24, 2.45) is 11.1 Å². The van der Waals surface area contributed by atoms with Gasteiger partial charge in [-0.05, 0) is 28.8 Å². The van der Waals surface area contributed by atoms with Crippen LogP contribution in [0.2, 0.25) is 0 Å². The lowest BCUT2D eigenvalue weighted by molar-refractivity contribution is -0.139. The van der Waals surface area contributed by atoms with Gasteiger partial charge < -0.3 is 10.6 Å². The number of rotatable bonds is 2. The van der Waals surface area contributed by atoms with Gasteiger partial charge in [-0.15, -0.1) is 0 Å². The van der Waals surface area contributed by atoms with Gasteiger partial charge in [0.25, 0.3) is 0 Å². The second-order valence-corrected chi connectivity index (χ2v) is 7.30. The summed E-state index contributed by atoms with van der Waals surface area (Å²) in [5.74, 6) is -2.30. The number of benzene rings is 2. The molecule has 1 saturated heterocycles. The molecular weight excluding hydrogens is 393 g/mol. The minimum absolute atomic E-state index is 0.294. The first-order chi connectivity index (χ1) is 14.3. The molecule has 0 spiro atoms. The number of nitriles is 2. The molecule has 0 bridgehead atoms. The molecule has 5 nitrogen and oxygen atoms in total. The van der Waals surface area contributed by atoms with Crippen molar-refractivity contribution in [3.05, 3.63) is 77.0 Å². The highest BCUT2D eigenvalue weighted by Gasteiger charge is 2.64. The van der Waals surface area contributed by atoms with Gasteiger partial charge >= 0.3 is 6.18 Å². The number of carbonyl (C=O) groups is 1. The van der Waals surface area contributed by atoms with E-state index in [1.165, 1.54) is 29.3 Å². The van der Waals surface area contributed by atoms with Gasteiger partial charge in [-0.1, -0.05) is 42.5 Å². The van der Waals surface area contributed by atoms with Crippen LogP contribution in [0.25, 0.3) is 6.08 Å². The van der Waals surface area contributed by atoms with E-state index in [-0.39, 0.29) is 5.56 Å². The Morgan fingerprint density at radius 3 is 2.23 bits per heavy atom. The molecule has 150 valence electrons. The van der Waals surface area contributed by atoms with Crippen LogP contribution in [0.4, 0.5) is 13.2 Å². The zero-order valence-corrected chi connectivity index (χ0v) is 15.5. The lowest BCUT2D eigenvalue weighted by Gasteiger charge is -2.34. The first-order valence-corrected chi connectivity index (χ1v) is 9.08. The van der Waals surface area contributed by atoms with Crippen LogP contribution in [0.5, 0.6) is 0 Å². The number of fused-ring (bicyclic) bond motifs is 3. The number of hydrogen-bond donors (Lipinski definition) is 1. The van der Waals surface area contributed by atoms with Crippen molar-refractivity contribution in [1.29, 1.82) is 10.5 Å². The molecular formula is C22H15F3N4O. The molecule has 1 amide bonds. The number of nitrogens with two attached hydrogens (primary N) is 1. The highest BCUT2D eigenvalue weighted by molar-refractivity contribution is 5.84. The predicted molar refractivity (Wildman–Crippen MR) is 101 cm³/mol. The summed E-state index contributed by atoms with van der Waals surface area (Å²) in [4.78, 5) is 13.9. The van der Waals surface area contributed by atoms with E-state index in [2.05, 4.69) is 0 Å². The van der Waals surface area contributed by atoms with Crippen LogP contribution in [0.3, 0.4) is 0 Å². The molecule has 4 rings (SSSR count). The Bertz CT molecular complexity index is 1130. The highest BCUT2D eigenvalue weighted by atomic mass is 19.4. The largest absolute Gasteiger partial charge is 0.416 e. The van der Waals surface area contributed by atoms with Gasteiger partial charge in [-0.25, -0.2) is 0 Å². The van der Waals surface area contributed by atoms with Crippen molar-refractivity contribution in [3.63, 3.8) is 0 Å². The third kappa shape index (κ3) is 2.57. The van der Waals surface area contributed by atoms with E-state index in [0.29, 0.717) is 5.56 Å². The topological polar surface area (TPSA) is 93.9 Å². The van der Waals surface area contributed by atoms with Crippen LogP contribution in [-0.2, 0) is 11.0 Å². The average Bonchev–Trinajstić information content (AvgIpc) is 3.04. The van der Waals surface area contributed by atoms with Gasteiger partial charge in [0.05, 0.1) is 23.7 Å². The molecule has 1 fully saturated rings. The Hall–Kier alpha value is -3.78. The summed E-state index contributed by atoms with van der Waals surface area (Å²) in [5.41, 5.74) is 3.68. The van der Waals surface area contributed by atoms with Crippen LogP contribution >= 0.6 is 0 Å². The number of carbonyl (C=O) groups excluding carboxylic acids is 1. The summed E-state index contributed by atoms with van der Waals surface area (Å²) in [5, 5.41) is 20.3. The number of nitrogens with zero attached hydrogens (tertiary/aromatic N) is 3. The van der Waals surface area contributed by atoms with Crippen LogP contribution in [0, 0.1) is 28.1 Å². The van der Waals surface area contributed by atoms with E-state index in [9.17, 15) is 28.5 Å². The van der Waals surface area contributed by atoms with E-state index >= 15 is 0 Å². The molecule has 0 aliphatic carbocycles. The SMILES string of the molecule is N#CC1(C#N)[C@H](c2ccccc2C(F)(F)F)[C@@H](C(N)=O)N2C=Cc3ccccc3[C@@H]21. The van der Waals surface area contributed by atoms with Crippen LogP contribution in [0.1, 0.15) is 34.2 Å². The zero-order valence-electron chi connectivity index (χ0n) is 15.5. The van der Waals surface area contributed by atoms with Crippen molar-refractivity contribution in [3.8, 4) is 12.1 Å². The third-order valence-corrected chi connectivity index (χ3v) is 5.84. The number of alkyl halides is 3. The molecule has 30 heavy (non-hydrogen) atoms. The second kappa shape index (κ2) is 6.64. The summed E-state index contributed by atoms with van der Waals surface area (Å²) in [7, 11) is 0. The van der Waals surface area contributed by atoms with Crippen LogP contribution in [0.15, 0.2) is 54.7 Å². The minimum atomic E-state index is -4.73. The zero-order chi connectivity index (χ0) is 21.7. The van der Waals surface area contributed by atoms with E-state index < -0.39 is 41.1 Å². The molecule has 2 aromatic carbocycles. The van der Waals surface area contributed by atoms with Gasteiger partial charge in [-0.2, -0.15) is 23.7 Å². The third-order valence-electron chi connectivity index (χ3n) is 5.84.